The maximum absolute atomic E-state index is 13.5. The number of rotatable bonds is 4. The Morgan fingerprint density at radius 1 is 1.10 bits per heavy atom. The molecule has 106 valence electrons. The Balaban J connectivity index is 2.08. The monoisotopic (exact) mass is 279 g/mol. The third-order valence-electron chi connectivity index (χ3n) is 3.09. The van der Waals surface area contributed by atoms with Crippen LogP contribution < -0.4 is 5.32 Å². The van der Waals surface area contributed by atoms with Gasteiger partial charge < -0.3 is 15.5 Å². The predicted octanol–water partition coefficient (Wildman–Crippen LogP) is 3.23. The topological polar surface area (TPSA) is 52.5 Å². The second-order valence-electron chi connectivity index (χ2n) is 4.58. The van der Waals surface area contributed by atoms with E-state index in [0.717, 1.165) is 6.07 Å². The molecule has 0 bridgehead atoms. The van der Waals surface area contributed by atoms with Gasteiger partial charge in [0.05, 0.1) is 0 Å². The first-order valence-electron chi connectivity index (χ1n) is 6.16. The van der Waals surface area contributed by atoms with Crippen molar-refractivity contribution in [2.24, 2.45) is 0 Å². The van der Waals surface area contributed by atoms with E-state index in [1.54, 1.807) is 6.92 Å². The van der Waals surface area contributed by atoms with Gasteiger partial charge in [0, 0.05) is 29.8 Å². The fraction of sp³-hybridized carbons (Fsp3) is 0.200. The van der Waals surface area contributed by atoms with Crippen LogP contribution in [0.4, 0.5) is 8.78 Å². The molecule has 0 aliphatic rings. The molecule has 3 nitrogen and oxygen atoms in total. The van der Waals surface area contributed by atoms with Crippen molar-refractivity contribution in [3.63, 3.8) is 0 Å². The Kier molecular flexibility index (Phi) is 4.20. The van der Waals surface area contributed by atoms with E-state index in [1.807, 2.05) is 0 Å². The van der Waals surface area contributed by atoms with Crippen LogP contribution in [0.2, 0.25) is 0 Å². The predicted molar refractivity (Wildman–Crippen MR) is 71.4 cm³/mol. The van der Waals surface area contributed by atoms with Gasteiger partial charge in [0.2, 0.25) is 0 Å². The van der Waals surface area contributed by atoms with Gasteiger partial charge in [-0.05, 0) is 31.2 Å². The number of halogens is 2. The lowest BCUT2D eigenvalue weighted by molar-refractivity contribution is 0.439. The van der Waals surface area contributed by atoms with Gasteiger partial charge >= 0.3 is 0 Å². The molecule has 20 heavy (non-hydrogen) atoms. The van der Waals surface area contributed by atoms with Crippen LogP contribution in [0.25, 0.3) is 0 Å². The maximum Gasteiger partial charge on any atom is 0.130 e. The highest BCUT2D eigenvalue weighted by Crippen LogP contribution is 2.28. The smallest absolute Gasteiger partial charge is 0.130 e. The van der Waals surface area contributed by atoms with Crippen molar-refractivity contribution in [2.45, 2.75) is 19.5 Å². The van der Waals surface area contributed by atoms with Crippen molar-refractivity contribution in [1.82, 2.24) is 5.32 Å². The van der Waals surface area contributed by atoms with Gasteiger partial charge in [0.15, 0.2) is 0 Å². The molecule has 0 radical (unpaired) electrons. The first-order valence-corrected chi connectivity index (χ1v) is 6.16. The number of benzene rings is 2. The average Bonchev–Trinajstić information content (AvgIpc) is 2.40. The van der Waals surface area contributed by atoms with Crippen molar-refractivity contribution in [2.75, 3.05) is 0 Å². The first-order chi connectivity index (χ1) is 9.47. The van der Waals surface area contributed by atoms with Crippen LogP contribution in [0.15, 0.2) is 36.4 Å². The molecule has 2 rings (SSSR count). The first kappa shape index (κ1) is 14.3. The van der Waals surface area contributed by atoms with E-state index >= 15 is 0 Å². The zero-order chi connectivity index (χ0) is 14.7. The molecule has 0 fully saturated rings. The highest BCUT2D eigenvalue weighted by molar-refractivity contribution is 5.40. The Morgan fingerprint density at radius 2 is 1.85 bits per heavy atom. The lowest BCUT2D eigenvalue weighted by Gasteiger charge is -2.16. The molecule has 0 saturated carbocycles. The molecular formula is C15H15F2NO2. The molecule has 0 aromatic heterocycles. The summed E-state index contributed by atoms with van der Waals surface area (Å²) in [5.74, 6) is -1.16. The summed E-state index contributed by atoms with van der Waals surface area (Å²) in [6.45, 7) is 1.96. The van der Waals surface area contributed by atoms with E-state index in [1.165, 1.54) is 30.3 Å². The van der Waals surface area contributed by atoms with Gasteiger partial charge in [-0.15, -0.1) is 0 Å². The van der Waals surface area contributed by atoms with Gasteiger partial charge in [0.1, 0.15) is 23.1 Å². The zero-order valence-electron chi connectivity index (χ0n) is 10.9. The van der Waals surface area contributed by atoms with Gasteiger partial charge in [-0.25, -0.2) is 8.78 Å². The number of nitrogens with one attached hydrogen (secondary N) is 1. The highest BCUT2D eigenvalue weighted by Gasteiger charge is 2.12. The molecule has 0 saturated heterocycles. The quantitative estimate of drug-likeness (QED) is 0.753. The van der Waals surface area contributed by atoms with E-state index in [-0.39, 0.29) is 24.1 Å². The molecule has 1 unspecified atom stereocenters. The van der Waals surface area contributed by atoms with E-state index in [9.17, 15) is 19.0 Å². The minimum atomic E-state index is -0.621. The Bertz CT molecular complexity index is 617. The number of hydrogen-bond donors (Lipinski definition) is 3. The van der Waals surface area contributed by atoms with E-state index < -0.39 is 11.6 Å². The van der Waals surface area contributed by atoms with Crippen LogP contribution in [-0.4, -0.2) is 10.2 Å². The van der Waals surface area contributed by atoms with Crippen LogP contribution >= 0.6 is 0 Å². The van der Waals surface area contributed by atoms with Crippen molar-refractivity contribution < 1.29 is 19.0 Å². The SMILES string of the molecule is CC(NCc1ccc(F)cc1F)c1cc(O)ccc1O. The van der Waals surface area contributed by atoms with Crippen molar-refractivity contribution >= 4 is 0 Å². The normalized spacial score (nSPS) is 12.3. The number of phenolic OH excluding ortho intramolecular Hbond substituents is 2. The number of phenols is 2. The maximum atomic E-state index is 13.5. The van der Waals surface area contributed by atoms with Crippen molar-refractivity contribution in [3.8, 4) is 11.5 Å². The number of aromatic hydroxyl groups is 2. The molecule has 5 heteroatoms. The van der Waals surface area contributed by atoms with Crippen LogP contribution in [0.5, 0.6) is 11.5 Å². The van der Waals surface area contributed by atoms with Crippen molar-refractivity contribution in [3.05, 3.63) is 59.2 Å². The van der Waals surface area contributed by atoms with E-state index in [4.69, 9.17) is 0 Å². The van der Waals surface area contributed by atoms with Crippen molar-refractivity contribution in [1.29, 1.82) is 0 Å². The Morgan fingerprint density at radius 3 is 2.55 bits per heavy atom. The number of hydrogen-bond acceptors (Lipinski definition) is 3. The van der Waals surface area contributed by atoms with Crippen LogP contribution in [0.3, 0.4) is 0 Å². The Hall–Kier alpha value is -2.14. The minimum absolute atomic E-state index is 0.0411. The van der Waals surface area contributed by atoms with Gasteiger partial charge in [0.25, 0.3) is 0 Å². The molecule has 0 spiro atoms. The molecule has 3 N–H and O–H groups in total. The highest BCUT2D eigenvalue weighted by atomic mass is 19.1. The third kappa shape index (κ3) is 3.24. The Labute approximate surface area is 115 Å². The molecule has 1 atom stereocenters. The molecule has 2 aromatic rings. The summed E-state index contributed by atoms with van der Waals surface area (Å²) in [6.07, 6.45) is 0. The second-order valence-corrected chi connectivity index (χ2v) is 4.58. The summed E-state index contributed by atoms with van der Waals surface area (Å²) in [5.41, 5.74) is 0.838. The van der Waals surface area contributed by atoms with E-state index in [2.05, 4.69) is 5.32 Å². The lowest BCUT2D eigenvalue weighted by atomic mass is 10.1. The summed E-state index contributed by atoms with van der Waals surface area (Å²) in [4.78, 5) is 0. The molecule has 0 heterocycles. The van der Waals surface area contributed by atoms with E-state index in [0.29, 0.717) is 11.1 Å². The average molecular weight is 279 g/mol. The molecular weight excluding hydrogens is 264 g/mol. The zero-order valence-corrected chi connectivity index (χ0v) is 10.9. The summed E-state index contributed by atoms with van der Waals surface area (Å²) in [5, 5.41) is 22.1. The van der Waals surface area contributed by atoms with Gasteiger partial charge in [-0.2, -0.15) is 0 Å². The summed E-state index contributed by atoms with van der Waals surface area (Å²) in [7, 11) is 0. The largest absolute Gasteiger partial charge is 0.508 e. The molecule has 0 amide bonds. The third-order valence-corrected chi connectivity index (χ3v) is 3.09. The molecule has 0 aliphatic carbocycles. The van der Waals surface area contributed by atoms with Crippen LogP contribution in [0, 0.1) is 11.6 Å². The van der Waals surface area contributed by atoms with Gasteiger partial charge in [-0.3, -0.25) is 0 Å². The summed E-state index contributed by atoms with van der Waals surface area (Å²) < 4.78 is 26.3. The van der Waals surface area contributed by atoms with Gasteiger partial charge in [-0.1, -0.05) is 6.07 Å². The molecule has 0 aliphatic heterocycles. The lowest BCUT2D eigenvalue weighted by Crippen LogP contribution is -2.19. The molecule has 2 aromatic carbocycles. The summed E-state index contributed by atoms with van der Waals surface area (Å²) in [6, 6.07) is 7.30. The standard InChI is InChI=1S/C15H15F2NO2/c1-9(13-7-12(19)4-5-15(13)20)18-8-10-2-3-11(16)6-14(10)17/h2-7,9,18-20H,8H2,1H3. The second kappa shape index (κ2) is 5.88. The van der Waals surface area contributed by atoms with Crippen LogP contribution in [-0.2, 0) is 6.54 Å². The minimum Gasteiger partial charge on any atom is -0.508 e. The fourth-order valence-corrected chi connectivity index (χ4v) is 1.93. The summed E-state index contributed by atoms with van der Waals surface area (Å²) >= 11 is 0. The van der Waals surface area contributed by atoms with Crippen LogP contribution in [0.1, 0.15) is 24.1 Å². The fourth-order valence-electron chi connectivity index (χ4n) is 1.93.